The molecule has 152 valence electrons. The fourth-order valence-electron chi connectivity index (χ4n) is 3.68. The first-order valence-electron chi connectivity index (χ1n) is 9.80. The highest BCUT2D eigenvalue weighted by Crippen LogP contribution is 2.38. The van der Waals surface area contributed by atoms with Crippen molar-refractivity contribution in [2.45, 2.75) is 32.4 Å². The number of fused-ring (bicyclic) bond motifs is 1. The van der Waals surface area contributed by atoms with E-state index in [4.69, 9.17) is 0 Å². The number of rotatable bonds is 3. The van der Waals surface area contributed by atoms with Gasteiger partial charge in [0, 0.05) is 29.1 Å². The summed E-state index contributed by atoms with van der Waals surface area (Å²) in [5.74, 6) is -0.149. The molecule has 1 amide bonds. The summed E-state index contributed by atoms with van der Waals surface area (Å²) in [6.45, 7) is 6.41. The van der Waals surface area contributed by atoms with Crippen LogP contribution in [0.4, 0.5) is 17.1 Å². The maximum Gasteiger partial charge on any atom is 0.269 e. The second-order valence-electron chi connectivity index (χ2n) is 8.42. The average molecular weight is 401 g/mol. The summed E-state index contributed by atoms with van der Waals surface area (Å²) in [4.78, 5) is 26.0. The first-order chi connectivity index (χ1) is 14.3. The second kappa shape index (κ2) is 7.30. The summed E-state index contributed by atoms with van der Waals surface area (Å²) in [5, 5.41) is 14.7. The van der Waals surface area contributed by atoms with Crippen molar-refractivity contribution >= 4 is 23.0 Å². The molecular weight excluding hydrogens is 378 g/mol. The van der Waals surface area contributed by atoms with Crippen LogP contribution in [0.3, 0.4) is 0 Å². The number of hydrogen-bond donors (Lipinski definition) is 1. The summed E-state index contributed by atoms with van der Waals surface area (Å²) < 4.78 is 0. The molecule has 1 atom stereocenters. The molecule has 0 fully saturated rings. The molecule has 30 heavy (non-hydrogen) atoms. The van der Waals surface area contributed by atoms with Crippen LogP contribution in [-0.4, -0.2) is 10.8 Å². The Hall–Kier alpha value is -3.67. The molecule has 1 aliphatic heterocycles. The number of carbonyl (C=O) groups is 1. The minimum atomic E-state index is -0.562. The zero-order chi connectivity index (χ0) is 21.5. The first kappa shape index (κ1) is 19.6. The molecule has 1 unspecified atom stereocenters. The van der Waals surface area contributed by atoms with Crippen LogP contribution in [0.2, 0.25) is 0 Å². The first-order valence-corrected chi connectivity index (χ1v) is 9.80. The number of carbonyl (C=O) groups excluding carboxylic acids is 1. The fraction of sp³-hybridized carbons (Fsp3) is 0.208. The van der Waals surface area contributed by atoms with Gasteiger partial charge in [-0.25, -0.2) is 0 Å². The van der Waals surface area contributed by atoms with E-state index in [1.807, 2.05) is 42.5 Å². The minimum absolute atomic E-state index is 0.00523. The topological polar surface area (TPSA) is 75.5 Å². The molecule has 6 nitrogen and oxygen atoms in total. The van der Waals surface area contributed by atoms with E-state index in [9.17, 15) is 14.9 Å². The Kier molecular flexibility index (Phi) is 4.78. The molecule has 0 saturated heterocycles. The second-order valence-corrected chi connectivity index (χ2v) is 8.42. The number of nitrogens with one attached hydrogen (secondary N) is 1. The van der Waals surface area contributed by atoms with Crippen molar-refractivity contribution in [3.8, 4) is 0 Å². The van der Waals surface area contributed by atoms with Gasteiger partial charge < -0.3 is 5.32 Å². The minimum Gasteiger partial charge on any atom is -0.360 e. The zero-order valence-corrected chi connectivity index (χ0v) is 17.1. The lowest BCUT2D eigenvalue weighted by atomic mass is 9.87. The number of amides is 1. The van der Waals surface area contributed by atoms with Crippen molar-refractivity contribution in [3.63, 3.8) is 0 Å². The molecule has 6 heteroatoms. The smallest absolute Gasteiger partial charge is 0.269 e. The molecule has 4 rings (SSSR count). The van der Waals surface area contributed by atoms with E-state index in [1.165, 1.54) is 12.1 Å². The number of non-ortho nitro benzene ring substituents is 1. The lowest BCUT2D eigenvalue weighted by molar-refractivity contribution is -0.384. The highest BCUT2D eigenvalue weighted by Gasteiger charge is 2.34. The van der Waals surface area contributed by atoms with E-state index >= 15 is 0 Å². The molecule has 3 aromatic rings. The summed E-state index contributed by atoms with van der Waals surface area (Å²) in [6, 6.07) is 21.6. The Bertz CT molecular complexity index is 1120. The molecule has 1 aliphatic rings. The average Bonchev–Trinajstić information content (AvgIpc) is 2.73. The molecule has 1 N–H and O–H groups in total. The molecule has 3 aromatic carbocycles. The predicted octanol–water partition coefficient (Wildman–Crippen LogP) is 5.66. The van der Waals surface area contributed by atoms with Gasteiger partial charge in [-0.2, -0.15) is 0 Å². The van der Waals surface area contributed by atoms with Crippen LogP contribution in [0.5, 0.6) is 0 Å². The summed E-state index contributed by atoms with van der Waals surface area (Å²) in [5.41, 5.74) is 3.80. The van der Waals surface area contributed by atoms with Gasteiger partial charge in [-0.1, -0.05) is 57.2 Å². The Morgan fingerprint density at radius 3 is 2.33 bits per heavy atom. The molecule has 0 bridgehead atoms. The van der Waals surface area contributed by atoms with Gasteiger partial charge in [0.2, 0.25) is 0 Å². The monoisotopic (exact) mass is 401 g/mol. The molecular formula is C24H23N3O3. The van der Waals surface area contributed by atoms with Gasteiger partial charge in [0.15, 0.2) is 0 Å². The van der Waals surface area contributed by atoms with Gasteiger partial charge in [-0.3, -0.25) is 19.8 Å². The number of anilines is 2. The van der Waals surface area contributed by atoms with Crippen LogP contribution in [-0.2, 0) is 5.41 Å². The van der Waals surface area contributed by atoms with Gasteiger partial charge in [0.25, 0.3) is 11.6 Å². The Morgan fingerprint density at radius 1 is 0.967 bits per heavy atom. The number of nitro benzene ring substituents is 1. The van der Waals surface area contributed by atoms with Crippen LogP contribution in [0, 0.1) is 10.1 Å². The normalized spacial score (nSPS) is 16.0. The van der Waals surface area contributed by atoms with E-state index in [0.29, 0.717) is 16.8 Å². The third kappa shape index (κ3) is 3.52. The van der Waals surface area contributed by atoms with Gasteiger partial charge >= 0.3 is 0 Å². The molecule has 1 heterocycles. The van der Waals surface area contributed by atoms with E-state index in [0.717, 1.165) is 11.3 Å². The Labute approximate surface area is 175 Å². The van der Waals surface area contributed by atoms with Crippen molar-refractivity contribution in [3.05, 3.63) is 99.6 Å². The largest absolute Gasteiger partial charge is 0.360 e. The van der Waals surface area contributed by atoms with Crippen LogP contribution < -0.4 is 10.2 Å². The highest BCUT2D eigenvalue weighted by molar-refractivity contribution is 6.12. The fourth-order valence-corrected chi connectivity index (χ4v) is 3.68. The van der Waals surface area contributed by atoms with Crippen LogP contribution >= 0.6 is 0 Å². The SMILES string of the molecule is CC(C)(C)c1ccc(N2C(=O)c3ccccc3NC2c2cccc([N+](=O)[O-])c2)cc1. The summed E-state index contributed by atoms with van der Waals surface area (Å²) in [7, 11) is 0. The Morgan fingerprint density at radius 2 is 1.67 bits per heavy atom. The van der Waals surface area contributed by atoms with Crippen molar-refractivity contribution in [2.75, 3.05) is 10.2 Å². The van der Waals surface area contributed by atoms with Crippen LogP contribution in [0.25, 0.3) is 0 Å². The molecule has 0 radical (unpaired) electrons. The maximum atomic E-state index is 13.5. The van der Waals surface area contributed by atoms with Gasteiger partial charge in [-0.15, -0.1) is 0 Å². The van der Waals surface area contributed by atoms with Crippen LogP contribution in [0.15, 0.2) is 72.8 Å². The molecule has 0 aromatic heterocycles. The van der Waals surface area contributed by atoms with Crippen molar-refractivity contribution in [1.29, 1.82) is 0 Å². The Balaban J connectivity index is 1.83. The van der Waals surface area contributed by atoms with Crippen LogP contribution in [0.1, 0.15) is 48.4 Å². The lowest BCUT2D eigenvalue weighted by Crippen LogP contribution is -2.43. The third-order valence-corrected chi connectivity index (χ3v) is 5.33. The number of nitro groups is 1. The molecule has 0 aliphatic carbocycles. The van der Waals surface area contributed by atoms with Crippen molar-refractivity contribution in [1.82, 2.24) is 0 Å². The van der Waals surface area contributed by atoms with Gasteiger partial charge in [0.05, 0.1) is 10.5 Å². The van der Waals surface area contributed by atoms with E-state index in [2.05, 4.69) is 26.1 Å². The number of hydrogen-bond acceptors (Lipinski definition) is 4. The molecule has 0 saturated carbocycles. The summed E-state index contributed by atoms with van der Waals surface area (Å²) >= 11 is 0. The summed E-state index contributed by atoms with van der Waals surface area (Å²) in [6.07, 6.45) is -0.562. The maximum absolute atomic E-state index is 13.5. The third-order valence-electron chi connectivity index (χ3n) is 5.33. The number of nitrogens with zero attached hydrogens (tertiary/aromatic N) is 2. The van der Waals surface area contributed by atoms with E-state index < -0.39 is 11.1 Å². The number of benzene rings is 3. The van der Waals surface area contributed by atoms with Crippen molar-refractivity contribution < 1.29 is 9.72 Å². The van der Waals surface area contributed by atoms with E-state index in [1.54, 1.807) is 23.1 Å². The quantitative estimate of drug-likeness (QED) is 0.454. The number of para-hydroxylation sites is 1. The van der Waals surface area contributed by atoms with Crippen molar-refractivity contribution in [2.24, 2.45) is 0 Å². The predicted molar refractivity (Wildman–Crippen MR) is 118 cm³/mol. The van der Waals surface area contributed by atoms with E-state index in [-0.39, 0.29) is 17.0 Å². The lowest BCUT2D eigenvalue weighted by Gasteiger charge is -2.38. The van der Waals surface area contributed by atoms with Gasteiger partial charge in [0.1, 0.15) is 6.17 Å². The van der Waals surface area contributed by atoms with Gasteiger partial charge in [-0.05, 0) is 35.2 Å². The zero-order valence-electron chi connectivity index (χ0n) is 17.1. The standard InChI is InChI=1S/C24H23N3O3/c1-24(2,3)17-11-13-18(14-12-17)26-22(16-7-6-8-19(15-16)27(29)30)25-21-10-5-4-9-20(21)23(26)28/h4-15,22,25H,1-3H3. The highest BCUT2D eigenvalue weighted by atomic mass is 16.6. The molecule has 0 spiro atoms.